The molecule has 0 saturated carbocycles. The van der Waals surface area contributed by atoms with Gasteiger partial charge in [-0.15, -0.1) is 0 Å². The van der Waals surface area contributed by atoms with E-state index in [-0.39, 0.29) is 12.2 Å². The average molecular weight is 487 g/mol. The highest BCUT2D eigenvalue weighted by molar-refractivity contribution is 6.31. The van der Waals surface area contributed by atoms with Gasteiger partial charge in [0.15, 0.2) is 5.78 Å². The van der Waals surface area contributed by atoms with Crippen LogP contribution in [0, 0.1) is 0 Å². The van der Waals surface area contributed by atoms with Crippen molar-refractivity contribution in [3.8, 4) is 5.75 Å². The van der Waals surface area contributed by atoms with Gasteiger partial charge in [-0.25, -0.2) is 0 Å². The zero-order valence-corrected chi connectivity index (χ0v) is 19.6. The van der Waals surface area contributed by atoms with Gasteiger partial charge in [0.1, 0.15) is 11.2 Å². The largest absolute Gasteiger partial charge is 0.425 e. The molecule has 1 heterocycles. The normalized spacial score (nSPS) is 17.6. The van der Waals surface area contributed by atoms with Crippen molar-refractivity contribution in [2.75, 3.05) is 0 Å². The van der Waals surface area contributed by atoms with Gasteiger partial charge >= 0.3 is 5.97 Å². The number of ether oxygens (including phenoxy) is 1. The van der Waals surface area contributed by atoms with Crippen LogP contribution in [-0.2, 0) is 10.2 Å². The van der Waals surface area contributed by atoms with Crippen molar-refractivity contribution in [1.82, 2.24) is 0 Å². The van der Waals surface area contributed by atoms with Gasteiger partial charge < -0.3 is 4.74 Å². The number of carbonyl (C=O) groups excluding carboxylic acids is 2. The molecule has 0 bridgehead atoms. The topological polar surface area (TPSA) is 43.4 Å². The van der Waals surface area contributed by atoms with Crippen molar-refractivity contribution >= 4 is 35.0 Å². The monoisotopic (exact) mass is 486 g/mol. The molecular formula is C29H20Cl2O3. The molecule has 5 heteroatoms. The van der Waals surface area contributed by atoms with Crippen molar-refractivity contribution in [1.29, 1.82) is 0 Å². The quantitative estimate of drug-likeness (QED) is 0.163. The summed E-state index contributed by atoms with van der Waals surface area (Å²) >= 11 is 12.5. The summed E-state index contributed by atoms with van der Waals surface area (Å²) in [4.78, 5) is 27.4. The molecule has 0 spiro atoms. The van der Waals surface area contributed by atoms with Crippen molar-refractivity contribution in [2.45, 2.75) is 17.8 Å². The second-order valence-electron chi connectivity index (χ2n) is 8.30. The second-order valence-corrected chi connectivity index (χ2v) is 9.18. The first-order chi connectivity index (χ1) is 16.5. The highest BCUT2D eigenvalue weighted by Gasteiger charge is 2.56. The number of hydrogen-bond donors (Lipinski definition) is 0. The van der Waals surface area contributed by atoms with E-state index in [2.05, 4.69) is 0 Å². The molecule has 34 heavy (non-hydrogen) atoms. The number of fused-ring (bicyclic) bond motifs is 1. The third-order valence-corrected chi connectivity index (χ3v) is 6.85. The lowest BCUT2D eigenvalue weighted by atomic mass is 9.62. The number of Topliss-reactive ketones (excluding diaryl/α,β-unsaturated/α-hetero) is 1. The lowest BCUT2D eigenvalue weighted by molar-refractivity contribution is -0.137. The van der Waals surface area contributed by atoms with E-state index in [4.69, 9.17) is 27.9 Å². The summed E-state index contributed by atoms with van der Waals surface area (Å²) in [5.74, 6) is -0.612. The van der Waals surface area contributed by atoms with E-state index in [0.717, 1.165) is 16.7 Å². The van der Waals surface area contributed by atoms with E-state index in [9.17, 15) is 9.59 Å². The molecule has 0 saturated heterocycles. The first-order valence-electron chi connectivity index (χ1n) is 10.9. The molecule has 0 aromatic heterocycles. The Morgan fingerprint density at radius 1 is 0.794 bits per heavy atom. The van der Waals surface area contributed by atoms with Crippen LogP contribution in [0.3, 0.4) is 0 Å². The maximum absolute atomic E-state index is 13.8. The number of esters is 1. The molecule has 4 aromatic carbocycles. The fraction of sp³-hybridized carbons (Fsp3) is 0.103. The number of carbonyl (C=O) groups is 2. The van der Waals surface area contributed by atoms with Gasteiger partial charge in [-0.1, -0.05) is 96.0 Å². The molecule has 1 aliphatic rings. The maximum atomic E-state index is 13.8. The second kappa shape index (κ2) is 9.09. The molecule has 0 unspecified atom stereocenters. The molecule has 4 aromatic rings. The van der Waals surface area contributed by atoms with Gasteiger partial charge in [0.05, 0.1) is 0 Å². The van der Waals surface area contributed by atoms with Gasteiger partial charge in [0.25, 0.3) is 0 Å². The Labute approximate surface area is 207 Å². The van der Waals surface area contributed by atoms with Crippen LogP contribution in [0.15, 0.2) is 103 Å². The Balaban J connectivity index is 1.75. The van der Waals surface area contributed by atoms with Crippen LogP contribution in [0.25, 0.3) is 0 Å². The van der Waals surface area contributed by atoms with Crippen molar-refractivity contribution in [3.05, 3.63) is 135 Å². The van der Waals surface area contributed by atoms with Gasteiger partial charge in [-0.2, -0.15) is 0 Å². The first-order valence-corrected chi connectivity index (χ1v) is 11.7. The fourth-order valence-electron chi connectivity index (χ4n) is 4.89. The standard InChI is InChI=1S/C29H20Cl2O3/c30-22-12-6-8-19(16-22)25(18-26(32)20-9-7-13-23(31)17-20)29(21-10-2-1-3-11-21)24-14-4-5-15-27(24)34-28(29)33/h1-17,25H,18H2/t25-,29-/m0/s1. The number of benzene rings is 4. The number of para-hydroxylation sites is 1. The number of ketones is 1. The predicted octanol–water partition coefficient (Wildman–Crippen LogP) is 7.26. The third kappa shape index (κ3) is 3.81. The third-order valence-electron chi connectivity index (χ3n) is 6.38. The fourth-order valence-corrected chi connectivity index (χ4v) is 5.28. The van der Waals surface area contributed by atoms with Crippen LogP contribution in [-0.4, -0.2) is 11.8 Å². The summed E-state index contributed by atoms with van der Waals surface area (Å²) in [5.41, 5.74) is 1.53. The number of hydrogen-bond acceptors (Lipinski definition) is 3. The molecule has 3 nitrogen and oxygen atoms in total. The maximum Gasteiger partial charge on any atom is 0.327 e. The Morgan fingerprint density at radius 3 is 2.21 bits per heavy atom. The van der Waals surface area contributed by atoms with Crippen LogP contribution in [0.5, 0.6) is 5.75 Å². The zero-order valence-electron chi connectivity index (χ0n) is 18.1. The van der Waals surface area contributed by atoms with E-state index >= 15 is 0 Å². The molecular weight excluding hydrogens is 467 g/mol. The summed E-state index contributed by atoms with van der Waals surface area (Å²) in [6, 6.07) is 31.1. The lowest BCUT2D eigenvalue weighted by Crippen LogP contribution is -2.42. The highest BCUT2D eigenvalue weighted by atomic mass is 35.5. The summed E-state index contributed by atoms with van der Waals surface area (Å²) < 4.78 is 5.81. The highest BCUT2D eigenvalue weighted by Crippen LogP contribution is 2.54. The Hall–Kier alpha value is -3.40. The SMILES string of the molecule is O=C(C[C@@H](c1cccc(Cl)c1)[C@@]1(c2ccccc2)C(=O)Oc2ccccc21)c1cccc(Cl)c1. The molecule has 168 valence electrons. The van der Waals surface area contributed by atoms with Gasteiger partial charge in [-0.05, 0) is 41.5 Å². The van der Waals surface area contributed by atoms with Crippen LogP contribution in [0.2, 0.25) is 10.0 Å². The van der Waals surface area contributed by atoms with E-state index in [0.29, 0.717) is 21.4 Å². The molecule has 2 atom stereocenters. The Bertz CT molecular complexity index is 1380. The predicted molar refractivity (Wildman–Crippen MR) is 134 cm³/mol. The Kier molecular flexibility index (Phi) is 5.99. The van der Waals surface area contributed by atoms with Gasteiger partial charge in [0.2, 0.25) is 0 Å². The molecule has 0 fully saturated rings. The molecule has 0 aliphatic carbocycles. The smallest absolute Gasteiger partial charge is 0.327 e. The zero-order chi connectivity index (χ0) is 23.7. The summed E-state index contributed by atoms with van der Waals surface area (Å²) in [5, 5.41) is 1.01. The average Bonchev–Trinajstić information content (AvgIpc) is 3.15. The van der Waals surface area contributed by atoms with Gasteiger partial charge in [0, 0.05) is 33.5 Å². The van der Waals surface area contributed by atoms with E-state index in [1.165, 1.54) is 0 Å². The minimum atomic E-state index is -1.23. The molecule has 0 N–H and O–H groups in total. The number of halogens is 2. The first kappa shape index (κ1) is 22.4. The van der Waals surface area contributed by atoms with Crippen molar-refractivity contribution < 1.29 is 14.3 Å². The molecule has 0 radical (unpaired) electrons. The van der Waals surface area contributed by atoms with E-state index in [1.807, 2.05) is 66.7 Å². The summed E-state index contributed by atoms with van der Waals surface area (Å²) in [6.45, 7) is 0. The van der Waals surface area contributed by atoms with Crippen molar-refractivity contribution in [3.63, 3.8) is 0 Å². The minimum absolute atomic E-state index is 0.0546. The van der Waals surface area contributed by atoms with Gasteiger partial charge in [-0.3, -0.25) is 9.59 Å². The van der Waals surface area contributed by atoms with Crippen LogP contribution in [0.1, 0.15) is 39.4 Å². The van der Waals surface area contributed by atoms with E-state index in [1.54, 1.807) is 36.4 Å². The van der Waals surface area contributed by atoms with Crippen LogP contribution in [0.4, 0.5) is 0 Å². The Morgan fingerprint density at radius 2 is 1.47 bits per heavy atom. The minimum Gasteiger partial charge on any atom is -0.425 e. The summed E-state index contributed by atoms with van der Waals surface area (Å²) in [6.07, 6.45) is 0.0546. The van der Waals surface area contributed by atoms with Crippen LogP contribution >= 0.6 is 23.2 Å². The van der Waals surface area contributed by atoms with Crippen LogP contribution < -0.4 is 4.74 Å². The summed E-state index contributed by atoms with van der Waals surface area (Å²) in [7, 11) is 0. The molecule has 1 aliphatic heterocycles. The number of rotatable bonds is 6. The van der Waals surface area contributed by atoms with Crippen molar-refractivity contribution in [2.24, 2.45) is 0 Å². The molecule has 5 rings (SSSR count). The molecule has 0 amide bonds. The van der Waals surface area contributed by atoms with E-state index < -0.39 is 17.3 Å². The lowest BCUT2D eigenvalue weighted by Gasteiger charge is -2.35.